The maximum Gasteiger partial charge on any atom is 0.288 e. The van der Waals surface area contributed by atoms with Crippen molar-refractivity contribution < 1.29 is 14.1 Å². The Hall–Kier alpha value is -3.45. The topological polar surface area (TPSA) is 97.7 Å². The zero-order valence-corrected chi connectivity index (χ0v) is 14.9. The molecule has 0 atom stereocenters. The molecular weight excluding hydrogens is 370 g/mol. The van der Waals surface area contributed by atoms with Gasteiger partial charge in [0.1, 0.15) is 16.5 Å². The van der Waals surface area contributed by atoms with E-state index in [4.69, 9.17) is 16.0 Å². The molecule has 0 aliphatic rings. The number of rotatable bonds is 5. The number of carbonyl (C=O) groups excluding carboxylic acids is 1. The highest BCUT2D eigenvalue weighted by molar-refractivity contribution is 6.32. The Morgan fingerprint density at radius 2 is 2.00 bits per heavy atom. The molecule has 7 nitrogen and oxygen atoms in total. The summed E-state index contributed by atoms with van der Waals surface area (Å²) in [4.78, 5) is 22.5. The van der Waals surface area contributed by atoms with Gasteiger partial charge in [-0.25, -0.2) is 5.43 Å². The molecule has 1 heterocycles. The van der Waals surface area contributed by atoms with Gasteiger partial charge < -0.3 is 4.42 Å². The van der Waals surface area contributed by atoms with E-state index >= 15 is 0 Å². The number of hydrogen-bond donors (Lipinski definition) is 1. The quantitative estimate of drug-likeness (QED) is 0.396. The predicted molar refractivity (Wildman–Crippen MR) is 102 cm³/mol. The fourth-order valence-corrected chi connectivity index (χ4v) is 2.61. The average molecular weight is 384 g/mol. The zero-order chi connectivity index (χ0) is 19.4. The molecule has 0 aliphatic heterocycles. The molecule has 3 aromatic rings. The van der Waals surface area contributed by atoms with E-state index in [-0.39, 0.29) is 16.6 Å². The molecule has 136 valence electrons. The van der Waals surface area contributed by atoms with E-state index in [9.17, 15) is 14.9 Å². The third-order valence-corrected chi connectivity index (χ3v) is 4.12. The van der Waals surface area contributed by atoms with Crippen molar-refractivity contribution in [2.45, 2.75) is 6.92 Å². The van der Waals surface area contributed by atoms with Gasteiger partial charge in [0, 0.05) is 17.2 Å². The van der Waals surface area contributed by atoms with E-state index < -0.39 is 4.92 Å². The number of aryl methyl sites for hydroxylation is 1. The predicted octanol–water partition coefficient (Wildman–Crippen LogP) is 4.58. The highest BCUT2D eigenvalue weighted by Crippen LogP contribution is 2.30. The van der Waals surface area contributed by atoms with Gasteiger partial charge in [-0.15, -0.1) is 0 Å². The molecule has 0 bridgehead atoms. The first-order valence-electron chi connectivity index (χ1n) is 7.89. The summed E-state index contributed by atoms with van der Waals surface area (Å²) in [7, 11) is 0. The monoisotopic (exact) mass is 383 g/mol. The van der Waals surface area contributed by atoms with Crippen molar-refractivity contribution in [3.63, 3.8) is 0 Å². The standard InChI is InChI=1S/C19H14ClN3O4/c1-12-4-2-3-5-15(12)19(24)22-21-11-14-7-9-18(27-14)13-6-8-16(20)17(10-13)23(25)26/h2-11H,1H3,(H,22,24)/b21-11+. The molecule has 0 unspecified atom stereocenters. The molecule has 0 spiro atoms. The summed E-state index contributed by atoms with van der Waals surface area (Å²) in [5.41, 5.74) is 4.11. The Labute approximate surface area is 159 Å². The largest absolute Gasteiger partial charge is 0.455 e. The van der Waals surface area contributed by atoms with E-state index in [1.807, 2.05) is 19.1 Å². The van der Waals surface area contributed by atoms with Crippen LogP contribution in [0, 0.1) is 17.0 Å². The summed E-state index contributed by atoms with van der Waals surface area (Å²) in [6.07, 6.45) is 1.35. The minimum absolute atomic E-state index is 0.0519. The van der Waals surface area contributed by atoms with Crippen molar-refractivity contribution in [1.82, 2.24) is 5.43 Å². The summed E-state index contributed by atoms with van der Waals surface area (Å²) in [6, 6.07) is 14.8. The van der Waals surface area contributed by atoms with Crippen LogP contribution in [0.15, 0.2) is 64.1 Å². The highest BCUT2D eigenvalue weighted by Gasteiger charge is 2.15. The van der Waals surface area contributed by atoms with E-state index in [0.29, 0.717) is 22.6 Å². The minimum Gasteiger partial charge on any atom is -0.455 e. The Morgan fingerprint density at radius 1 is 1.22 bits per heavy atom. The Balaban J connectivity index is 1.72. The summed E-state index contributed by atoms with van der Waals surface area (Å²) in [6.45, 7) is 1.84. The molecule has 0 radical (unpaired) electrons. The molecule has 8 heteroatoms. The number of amides is 1. The van der Waals surface area contributed by atoms with Crippen LogP contribution < -0.4 is 5.43 Å². The Bertz CT molecular complexity index is 1040. The molecular formula is C19H14ClN3O4. The van der Waals surface area contributed by atoms with Gasteiger partial charge in [0.05, 0.1) is 11.1 Å². The third kappa shape index (κ3) is 4.21. The van der Waals surface area contributed by atoms with Crippen LogP contribution >= 0.6 is 11.6 Å². The number of nitro groups is 1. The van der Waals surface area contributed by atoms with E-state index in [1.165, 1.54) is 18.3 Å². The van der Waals surface area contributed by atoms with Gasteiger partial charge in [0.15, 0.2) is 0 Å². The van der Waals surface area contributed by atoms with Crippen molar-refractivity contribution in [3.05, 3.63) is 86.6 Å². The molecule has 0 saturated carbocycles. The number of carbonyl (C=O) groups is 1. The van der Waals surface area contributed by atoms with Crippen LogP contribution in [0.4, 0.5) is 5.69 Å². The van der Waals surface area contributed by atoms with E-state index in [0.717, 1.165) is 5.56 Å². The number of nitrogens with zero attached hydrogens (tertiary/aromatic N) is 2. The van der Waals surface area contributed by atoms with Gasteiger partial charge in [-0.1, -0.05) is 29.8 Å². The number of furan rings is 1. The fraction of sp³-hybridized carbons (Fsp3) is 0.0526. The number of halogens is 1. The van der Waals surface area contributed by atoms with Gasteiger partial charge >= 0.3 is 0 Å². The average Bonchev–Trinajstić information content (AvgIpc) is 3.11. The molecule has 0 aliphatic carbocycles. The second kappa shape index (κ2) is 7.84. The second-order valence-corrected chi connectivity index (χ2v) is 6.05. The van der Waals surface area contributed by atoms with Crippen LogP contribution in [0.3, 0.4) is 0 Å². The SMILES string of the molecule is Cc1ccccc1C(=O)N/N=C/c1ccc(-c2ccc(Cl)c([N+](=O)[O-])c2)o1. The van der Waals surface area contributed by atoms with Gasteiger partial charge in [-0.05, 0) is 42.8 Å². The third-order valence-electron chi connectivity index (χ3n) is 3.80. The van der Waals surface area contributed by atoms with Crippen LogP contribution in [-0.2, 0) is 0 Å². The van der Waals surface area contributed by atoms with Gasteiger partial charge in [0.25, 0.3) is 11.6 Å². The van der Waals surface area contributed by atoms with Crippen molar-refractivity contribution in [2.75, 3.05) is 0 Å². The summed E-state index contributed by atoms with van der Waals surface area (Å²) < 4.78 is 5.59. The Morgan fingerprint density at radius 3 is 2.74 bits per heavy atom. The molecule has 2 aromatic carbocycles. The van der Waals surface area contributed by atoms with E-state index in [1.54, 1.807) is 30.3 Å². The van der Waals surface area contributed by atoms with Crippen LogP contribution in [0.2, 0.25) is 5.02 Å². The van der Waals surface area contributed by atoms with Crippen LogP contribution in [0.1, 0.15) is 21.7 Å². The lowest BCUT2D eigenvalue weighted by Crippen LogP contribution is -2.18. The molecule has 27 heavy (non-hydrogen) atoms. The Kier molecular flexibility index (Phi) is 5.33. The molecule has 0 saturated heterocycles. The number of nitrogens with one attached hydrogen (secondary N) is 1. The second-order valence-electron chi connectivity index (χ2n) is 5.64. The summed E-state index contributed by atoms with van der Waals surface area (Å²) in [5.74, 6) is 0.471. The van der Waals surface area contributed by atoms with Crippen molar-refractivity contribution in [2.24, 2.45) is 5.10 Å². The first-order chi connectivity index (χ1) is 13.0. The van der Waals surface area contributed by atoms with Crippen molar-refractivity contribution in [3.8, 4) is 11.3 Å². The lowest BCUT2D eigenvalue weighted by molar-refractivity contribution is -0.384. The van der Waals surface area contributed by atoms with Crippen LogP contribution in [0.25, 0.3) is 11.3 Å². The van der Waals surface area contributed by atoms with Crippen LogP contribution in [0.5, 0.6) is 0 Å². The maximum absolute atomic E-state index is 12.1. The van der Waals surface area contributed by atoms with Gasteiger partial charge in [0.2, 0.25) is 0 Å². The highest BCUT2D eigenvalue weighted by atomic mass is 35.5. The first kappa shape index (κ1) is 18.3. The first-order valence-corrected chi connectivity index (χ1v) is 8.26. The molecule has 1 amide bonds. The van der Waals surface area contributed by atoms with Gasteiger partial charge in [-0.3, -0.25) is 14.9 Å². The lowest BCUT2D eigenvalue weighted by atomic mass is 10.1. The fourth-order valence-electron chi connectivity index (χ4n) is 2.43. The smallest absolute Gasteiger partial charge is 0.288 e. The number of hydrazone groups is 1. The molecule has 1 aromatic heterocycles. The summed E-state index contributed by atoms with van der Waals surface area (Å²) >= 11 is 5.81. The van der Waals surface area contributed by atoms with Crippen molar-refractivity contribution in [1.29, 1.82) is 0 Å². The van der Waals surface area contributed by atoms with Crippen LogP contribution in [-0.4, -0.2) is 17.0 Å². The number of hydrogen-bond acceptors (Lipinski definition) is 5. The zero-order valence-electron chi connectivity index (χ0n) is 14.2. The number of benzene rings is 2. The number of nitro benzene ring substituents is 1. The summed E-state index contributed by atoms with van der Waals surface area (Å²) in [5, 5.41) is 14.9. The minimum atomic E-state index is -0.557. The lowest BCUT2D eigenvalue weighted by Gasteiger charge is -2.02. The molecule has 1 N–H and O–H groups in total. The van der Waals surface area contributed by atoms with E-state index in [2.05, 4.69) is 10.5 Å². The molecule has 0 fully saturated rings. The normalized spacial score (nSPS) is 10.9. The van der Waals surface area contributed by atoms with Crippen molar-refractivity contribution >= 4 is 29.4 Å². The molecule has 3 rings (SSSR count). The van der Waals surface area contributed by atoms with Gasteiger partial charge in [-0.2, -0.15) is 5.10 Å². The maximum atomic E-state index is 12.1.